The molecule has 0 aliphatic rings. The topological polar surface area (TPSA) is 39.0 Å². The van der Waals surface area contributed by atoms with Crippen molar-refractivity contribution in [3.8, 4) is 0 Å². The number of hydrogen-bond donors (Lipinski definition) is 1. The minimum absolute atomic E-state index is 0.0928. The highest BCUT2D eigenvalue weighted by Crippen LogP contribution is 2.31. The Labute approximate surface area is 198 Å². The Kier molecular flexibility index (Phi) is 5.37. The number of halogens is 4. The molecule has 172 valence electrons. The molecule has 34 heavy (non-hydrogen) atoms. The van der Waals surface area contributed by atoms with E-state index in [1.54, 1.807) is 34.9 Å². The van der Waals surface area contributed by atoms with Crippen molar-refractivity contribution < 1.29 is 18.0 Å². The average molecular weight is 482 g/mol. The van der Waals surface area contributed by atoms with E-state index in [1.165, 1.54) is 6.07 Å². The molecule has 0 fully saturated rings. The molecule has 0 bridgehead atoms. The van der Waals surface area contributed by atoms with Gasteiger partial charge in [-0.15, -0.1) is 0 Å². The summed E-state index contributed by atoms with van der Waals surface area (Å²) in [5.74, 6) is -0.366. The molecule has 2 heterocycles. The van der Waals surface area contributed by atoms with Crippen LogP contribution in [0.25, 0.3) is 21.8 Å². The second-order valence-electron chi connectivity index (χ2n) is 8.17. The number of amides is 1. The fourth-order valence-corrected chi connectivity index (χ4v) is 4.36. The van der Waals surface area contributed by atoms with Gasteiger partial charge in [0.25, 0.3) is 5.91 Å². The van der Waals surface area contributed by atoms with E-state index < -0.39 is 11.7 Å². The Morgan fingerprint density at radius 1 is 0.941 bits per heavy atom. The standard InChI is InChI=1S/C26H19ClF3N3O/c1-32-10-9-17-13-21(6-8-22(17)32)31-25(34)24-14-18-12-20(27)5-7-23(18)33(24)15-16-3-2-4-19(11-16)26(28,29)30/h2-14H,15H2,1H3,(H,31,34). The molecule has 0 aliphatic heterocycles. The van der Waals surface area contributed by atoms with Crippen LogP contribution in [0.15, 0.2) is 79.0 Å². The molecule has 0 unspecified atom stereocenters. The first kappa shape index (κ1) is 22.1. The van der Waals surface area contributed by atoms with Crippen LogP contribution in [0.2, 0.25) is 5.02 Å². The maximum atomic E-state index is 13.3. The molecular formula is C26H19ClF3N3O. The van der Waals surface area contributed by atoms with Crippen LogP contribution in [0.5, 0.6) is 0 Å². The molecule has 1 amide bonds. The summed E-state index contributed by atoms with van der Waals surface area (Å²) < 4.78 is 43.3. The molecule has 2 aromatic heterocycles. The van der Waals surface area contributed by atoms with Crippen LogP contribution < -0.4 is 5.32 Å². The minimum atomic E-state index is -4.45. The predicted octanol–water partition coefficient (Wildman–Crippen LogP) is 7.11. The summed E-state index contributed by atoms with van der Waals surface area (Å²) in [6, 6.07) is 19.6. The number of aromatic nitrogens is 2. The lowest BCUT2D eigenvalue weighted by atomic mass is 10.1. The average Bonchev–Trinajstić information content (AvgIpc) is 3.33. The van der Waals surface area contributed by atoms with E-state index in [1.807, 2.05) is 42.1 Å². The number of aryl methyl sites for hydroxylation is 1. The van der Waals surface area contributed by atoms with E-state index in [0.29, 0.717) is 27.5 Å². The summed E-state index contributed by atoms with van der Waals surface area (Å²) in [5.41, 5.74) is 2.38. The molecule has 0 atom stereocenters. The molecule has 3 aromatic carbocycles. The highest BCUT2D eigenvalue weighted by atomic mass is 35.5. The van der Waals surface area contributed by atoms with E-state index in [2.05, 4.69) is 5.32 Å². The smallest absolute Gasteiger partial charge is 0.351 e. The summed E-state index contributed by atoms with van der Waals surface area (Å²) in [7, 11) is 1.94. The lowest BCUT2D eigenvalue weighted by Gasteiger charge is -2.13. The van der Waals surface area contributed by atoms with Crippen molar-refractivity contribution in [1.82, 2.24) is 9.13 Å². The van der Waals surface area contributed by atoms with Crippen LogP contribution >= 0.6 is 11.6 Å². The van der Waals surface area contributed by atoms with Crippen LogP contribution in [-0.4, -0.2) is 15.0 Å². The van der Waals surface area contributed by atoms with Gasteiger partial charge >= 0.3 is 6.18 Å². The third-order valence-corrected chi connectivity index (χ3v) is 6.07. The quantitative estimate of drug-likeness (QED) is 0.292. The van der Waals surface area contributed by atoms with Crippen LogP contribution in [-0.2, 0) is 19.8 Å². The number of hydrogen-bond acceptors (Lipinski definition) is 1. The van der Waals surface area contributed by atoms with E-state index >= 15 is 0 Å². The first-order valence-corrected chi connectivity index (χ1v) is 10.9. The van der Waals surface area contributed by atoms with Gasteiger partial charge < -0.3 is 14.5 Å². The normalized spacial score (nSPS) is 11.9. The minimum Gasteiger partial charge on any atom is -0.351 e. The molecule has 0 aliphatic carbocycles. The van der Waals surface area contributed by atoms with E-state index in [-0.39, 0.29) is 12.5 Å². The van der Waals surface area contributed by atoms with Crippen LogP contribution in [0.1, 0.15) is 21.6 Å². The maximum absolute atomic E-state index is 13.3. The summed E-state index contributed by atoms with van der Waals surface area (Å²) in [6.45, 7) is 0.0928. The SMILES string of the molecule is Cn1ccc2cc(NC(=O)c3cc4cc(Cl)ccc4n3Cc3cccc(C(F)(F)F)c3)ccc21. The monoisotopic (exact) mass is 481 g/mol. The van der Waals surface area contributed by atoms with Crippen molar-refractivity contribution in [3.63, 3.8) is 0 Å². The number of nitrogens with zero attached hydrogens (tertiary/aromatic N) is 2. The van der Waals surface area contributed by atoms with Crippen molar-refractivity contribution in [2.75, 3.05) is 5.32 Å². The number of carbonyl (C=O) groups is 1. The van der Waals surface area contributed by atoms with E-state index in [4.69, 9.17) is 11.6 Å². The molecule has 8 heteroatoms. The summed E-state index contributed by atoms with van der Waals surface area (Å²) in [5, 5.41) is 5.13. The van der Waals surface area contributed by atoms with E-state index in [0.717, 1.165) is 28.4 Å². The molecule has 0 spiro atoms. The molecule has 5 aromatic rings. The summed E-state index contributed by atoms with van der Waals surface area (Å²) in [4.78, 5) is 13.3. The van der Waals surface area contributed by atoms with Gasteiger partial charge in [-0.05, 0) is 66.2 Å². The maximum Gasteiger partial charge on any atom is 0.416 e. The second kappa shape index (κ2) is 8.25. The van der Waals surface area contributed by atoms with Crippen molar-refractivity contribution >= 4 is 45.0 Å². The zero-order chi connectivity index (χ0) is 24.0. The molecule has 1 N–H and O–H groups in total. The number of alkyl halides is 3. The number of fused-ring (bicyclic) bond motifs is 2. The van der Waals surface area contributed by atoms with Gasteiger partial charge in [0.2, 0.25) is 0 Å². The first-order chi connectivity index (χ1) is 16.2. The molecule has 4 nitrogen and oxygen atoms in total. The van der Waals surface area contributed by atoms with Crippen molar-refractivity contribution in [2.24, 2.45) is 7.05 Å². The second-order valence-corrected chi connectivity index (χ2v) is 8.61. The molecule has 0 radical (unpaired) electrons. The third-order valence-electron chi connectivity index (χ3n) is 5.83. The Morgan fingerprint density at radius 3 is 2.53 bits per heavy atom. The number of carbonyl (C=O) groups excluding carboxylic acids is 1. The zero-order valence-corrected chi connectivity index (χ0v) is 18.8. The van der Waals surface area contributed by atoms with Gasteiger partial charge in [0.05, 0.1) is 5.56 Å². The number of benzene rings is 3. The van der Waals surface area contributed by atoms with Crippen molar-refractivity contribution in [3.05, 3.63) is 101 Å². The van der Waals surface area contributed by atoms with Crippen molar-refractivity contribution in [1.29, 1.82) is 0 Å². The molecular weight excluding hydrogens is 463 g/mol. The van der Waals surface area contributed by atoms with Gasteiger partial charge in [0, 0.05) is 52.3 Å². The Morgan fingerprint density at radius 2 is 1.74 bits per heavy atom. The lowest BCUT2D eigenvalue weighted by Crippen LogP contribution is -2.17. The predicted molar refractivity (Wildman–Crippen MR) is 128 cm³/mol. The van der Waals surface area contributed by atoms with Gasteiger partial charge in [0.1, 0.15) is 5.69 Å². The fourth-order valence-electron chi connectivity index (χ4n) is 4.18. The Balaban J connectivity index is 1.53. The highest BCUT2D eigenvalue weighted by molar-refractivity contribution is 6.31. The van der Waals surface area contributed by atoms with Gasteiger partial charge in [0.15, 0.2) is 0 Å². The summed E-state index contributed by atoms with van der Waals surface area (Å²) in [6.07, 6.45) is -2.51. The number of rotatable bonds is 4. The molecule has 0 saturated carbocycles. The van der Waals surface area contributed by atoms with Gasteiger partial charge in [-0.3, -0.25) is 4.79 Å². The number of nitrogens with one attached hydrogen (secondary N) is 1. The van der Waals surface area contributed by atoms with Gasteiger partial charge in [-0.2, -0.15) is 13.2 Å². The van der Waals surface area contributed by atoms with Crippen LogP contribution in [0.4, 0.5) is 18.9 Å². The van der Waals surface area contributed by atoms with E-state index in [9.17, 15) is 18.0 Å². The van der Waals surface area contributed by atoms with Crippen LogP contribution in [0.3, 0.4) is 0 Å². The third kappa shape index (κ3) is 4.15. The van der Waals surface area contributed by atoms with Gasteiger partial charge in [-0.1, -0.05) is 23.7 Å². The van der Waals surface area contributed by atoms with Crippen LogP contribution in [0, 0.1) is 0 Å². The summed E-state index contributed by atoms with van der Waals surface area (Å²) >= 11 is 6.14. The first-order valence-electron chi connectivity index (χ1n) is 10.5. The number of anilines is 1. The Bertz CT molecular complexity index is 1550. The van der Waals surface area contributed by atoms with Crippen molar-refractivity contribution in [2.45, 2.75) is 12.7 Å². The highest BCUT2D eigenvalue weighted by Gasteiger charge is 2.30. The van der Waals surface area contributed by atoms with Gasteiger partial charge in [-0.25, -0.2) is 0 Å². The largest absolute Gasteiger partial charge is 0.416 e. The molecule has 0 saturated heterocycles. The lowest BCUT2D eigenvalue weighted by molar-refractivity contribution is -0.137. The zero-order valence-electron chi connectivity index (χ0n) is 18.0. The fraction of sp³-hybridized carbons (Fsp3) is 0.115. The Hall–Kier alpha value is -3.71. The molecule has 5 rings (SSSR count).